The first-order valence-corrected chi connectivity index (χ1v) is 12.3. The molecule has 1 aliphatic rings. The van der Waals surface area contributed by atoms with E-state index in [1.807, 2.05) is 0 Å². The molecule has 8 N–H and O–H groups in total. The number of nitrogens with two attached hydrogens (primary N) is 2. The molecular formula is C16H20N4O12P2. The monoisotopic (exact) mass is 522 g/mol. The van der Waals surface area contributed by atoms with Crippen LogP contribution in [0.4, 0.5) is 11.5 Å². The molecule has 0 radical (unpaired) electrons. The molecule has 3 rings (SSSR count). The molecule has 0 aliphatic carbocycles. The van der Waals surface area contributed by atoms with Crippen molar-refractivity contribution in [1.29, 1.82) is 0 Å². The van der Waals surface area contributed by atoms with Crippen LogP contribution in [0.25, 0.3) is 0 Å². The van der Waals surface area contributed by atoms with Crippen LogP contribution in [-0.2, 0) is 27.7 Å². The third-order valence-electron chi connectivity index (χ3n) is 4.50. The van der Waals surface area contributed by atoms with Gasteiger partial charge >= 0.3 is 27.3 Å². The van der Waals surface area contributed by atoms with Crippen LogP contribution < -0.4 is 17.2 Å². The Bertz CT molecular complexity index is 1210. The lowest BCUT2D eigenvalue weighted by molar-refractivity contribution is -0.0596. The van der Waals surface area contributed by atoms with Crippen molar-refractivity contribution in [3.63, 3.8) is 0 Å². The summed E-state index contributed by atoms with van der Waals surface area (Å²) < 4.78 is 43.5. The molecule has 1 saturated heterocycles. The van der Waals surface area contributed by atoms with E-state index in [0.717, 1.165) is 10.8 Å². The topological polar surface area (TPSA) is 256 Å². The van der Waals surface area contributed by atoms with Crippen molar-refractivity contribution in [2.45, 2.75) is 24.5 Å². The highest BCUT2D eigenvalue weighted by Gasteiger charge is 2.52. The lowest BCUT2D eigenvalue weighted by Crippen LogP contribution is -2.40. The second-order valence-electron chi connectivity index (χ2n) is 6.91. The van der Waals surface area contributed by atoms with Gasteiger partial charge in [0, 0.05) is 11.9 Å². The van der Waals surface area contributed by atoms with Gasteiger partial charge in [-0.05, 0) is 18.2 Å². The summed E-state index contributed by atoms with van der Waals surface area (Å²) in [5.74, 6) is -1.22. The molecule has 0 unspecified atom stereocenters. The van der Waals surface area contributed by atoms with E-state index >= 15 is 0 Å². The average Bonchev–Trinajstić information content (AvgIpc) is 3.01. The summed E-state index contributed by atoms with van der Waals surface area (Å²) in [5, 5.41) is 0. The quantitative estimate of drug-likeness (QED) is 0.140. The first-order valence-electron chi connectivity index (χ1n) is 9.25. The Balaban J connectivity index is 2.04. The summed E-state index contributed by atoms with van der Waals surface area (Å²) in [4.78, 5) is 65.4. The van der Waals surface area contributed by atoms with E-state index in [4.69, 9.17) is 35.3 Å². The number of hydrogen-bond acceptors (Lipinski definition) is 11. The molecule has 186 valence electrons. The molecule has 0 amide bonds. The highest BCUT2D eigenvalue weighted by molar-refractivity contribution is 7.46. The Morgan fingerprint density at radius 3 is 2.35 bits per heavy atom. The molecule has 2 aromatic rings. The van der Waals surface area contributed by atoms with Crippen LogP contribution in [0.2, 0.25) is 0 Å². The van der Waals surface area contributed by atoms with Crippen molar-refractivity contribution in [3.05, 3.63) is 52.6 Å². The number of benzene rings is 1. The standard InChI is InChI=1S/C16H20N4O12P2/c17-9-4-2-1-3-8(9)15(21)31-13-12(32-34(26,27)28)10(7-29-33(23,24)25)30-14(13)20-6-5-11(18)19-16(20)22/h1-6,10,12-14H,7,17H2,(H2,18,19,22)(H2,23,24,25)(H2,26,27,28)/t10-,12-,13-,14-/m1/s1. The Morgan fingerprint density at radius 1 is 1.09 bits per heavy atom. The highest BCUT2D eigenvalue weighted by atomic mass is 31.2. The van der Waals surface area contributed by atoms with Crippen molar-refractivity contribution in [2.24, 2.45) is 0 Å². The van der Waals surface area contributed by atoms with Crippen LogP contribution in [0, 0.1) is 0 Å². The van der Waals surface area contributed by atoms with Gasteiger partial charge in [-0.2, -0.15) is 4.98 Å². The molecule has 1 aliphatic heterocycles. The number of para-hydroxylation sites is 1. The van der Waals surface area contributed by atoms with E-state index in [-0.39, 0.29) is 17.1 Å². The van der Waals surface area contributed by atoms with Gasteiger partial charge in [0.15, 0.2) is 12.3 Å². The van der Waals surface area contributed by atoms with Gasteiger partial charge in [-0.3, -0.25) is 13.6 Å². The van der Waals surface area contributed by atoms with Crippen LogP contribution in [0.5, 0.6) is 0 Å². The molecular weight excluding hydrogens is 502 g/mol. The zero-order chi connectivity index (χ0) is 25.3. The van der Waals surface area contributed by atoms with Gasteiger partial charge in [0.1, 0.15) is 18.0 Å². The number of esters is 1. The van der Waals surface area contributed by atoms with Gasteiger partial charge in [0.2, 0.25) is 0 Å². The van der Waals surface area contributed by atoms with E-state index in [1.54, 1.807) is 6.07 Å². The summed E-state index contributed by atoms with van der Waals surface area (Å²) in [7, 11) is -10.3. The SMILES string of the molecule is Nc1ccn([C@@H]2O[C@H](COP(=O)(O)O)[C@@H](OP(=O)(O)O)[C@H]2OC(=O)c2ccccc2N)c(=O)n1. The predicted octanol–water partition coefficient (Wildman–Crippen LogP) is -0.882. The number of carbonyl (C=O) groups excluding carboxylic acids is 1. The molecule has 34 heavy (non-hydrogen) atoms. The third kappa shape index (κ3) is 6.48. The molecule has 0 saturated carbocycles. The lowest BCUT2D eigenvalue weighted by Gasteiger charge is -2.25. The maximum absolute atomic E-state index is 12.8. The van der Waals surface area contributed by atoms with Gasteiger partial charge < -0.3 is 40.5 Å². The van der Waals surface area contributed by atoms with E-state index in [0.29, 0.717) is 0 Å². The maximum Gasteiger partial charge on any atom is 0.470 e. The fourth-order valence-electron chi connectivity index (χ4n) is 3.14. The van der Waals surface area contributed by atoms with Crippen LogP contribution in [0.15, 0.2) is 41.3 Å². The number of aromatic nitrogens is 2. The Hall–Kier alpha value is -2.65. The summed E-state index contributed by atoms with van der Waals surface area (Å²) in [6.45, 7) is -0.954. The summed E-state index contributed by atoms with van der Waals surface area (Å²) in [6.07, 6.45) is -5.73. The molecule has 1 aromatic heterocycles. The molecule has 0 bridgehead atoms. The lowest BCUT2D eigenvalue weighted by atomic mass is 10.1. The molecule has 16 nitrogen and oxygen atoms in total. The first kappa shape index (κ1) is 26.0. The van der Waals surface area contributed by atoms with Crippen LogP contribution in [-0.4, -0.2) is 60.0 Å². The number of nitrogen functional groups attached to an aromatic ring is 2. The number of anilines is 2. The van der Waals surface area contributed by atoms with E-state index in [2.05, 4.69) is 9.51 Å². The molecule has 1 fully saturated rings. The number of phosphoric ester groups is 2. The normalized spacial score (nSPS) is 23.1. The smallest absolute Gasteiger partial charge is 0.451 e. The summed E-state index contributed by atoms with van der Waals surface area (Å²) in [5.41, 5.74) is 10.1. The second-order valence-corrected chi connectivity index (χ2v) is 9.34. The fourth-order valence-corrected chi connectivity index (χ4v) is 4.05. The number of hydrogen-bond donors (Lipinski definition) is 6. The largest absolute Gasteiger partial charge is 0.470 e. The van der Waals surface area contributed by atoms with E-state index < -0.39 is 58.5 Å². The number of carbonyl (C=O) groups is 1. The fraction of sp³-hybridized carbons (Fsp3) is 0.312. The number of ether oxygens (including phenoxy) is 2. The zero-order valence-corrected chi connectivity index (χ0v) is 18.8. The second kappa shape index (κ2) is 9.92. The average molecular weight is 522 g/mol. The van der Waals surface area contributed by atoms with E-state index in [9.17, 15) is 28.5 Å². The van der Waals surface area contributed by atoms with Crippen molar-refractivity contribution in [1.82, 2.24) is 9.55 Å². The van der Waals surface area contributed by atoms with E-state index in [1.165, 1.54) is 24.3 Å². The number of rotatable bonds is 8. The van der Waals surface area contributed by atoms with Gasteiger partial charge in [-0.1, -0.05) is 12.1 Å². The first-order chi connectivity index (χ1) is 15.7. The number of phosphoric acid groups is 2. The van der Waals surface area contributed by atoms with Gasteiger partial charge in [-0.25, -0.2) is 18.7 Å². The van der Waals surface area contributed by atoms with Crippen molar-refractivity contribution < 1.29 is 52.0 Å². The molecule has 1 aromatic carbocycles. The summed E-state index contributed by atoms with van der Waals surface area (Å²) >= 11 is 0. The molecule has 4 atom stereocenters. The van der Waals surface area contributed by atoms with Crippen molar-refractivity contribution >= 4 is 33.1 Å². The molecule has 0 spiro atoms. The van der Waals surface area contributed by atoms with Gasteiger partial charge in [0.25, 0.3) is 0 Å². The van der Waals surface area contributed by atoms with Crippen LogP contribution in [0.1, 0.15) is 16.6 Å². The molecule has 2 heterocycles. The zero-order valence-electron chi connectivity index (χ0n) is 17.0. The van der Waals surface area contributed by atoms with Crippen LogP contribution >= 0.6 is 15.6 Å². The maximum atomic E-state index is 12.8. The minimum absolute atomic E-state index is 0.0168. The van der Waals surface area contributed by atoms with Gasteiger partial charge in [-0.15, -0.1) is 0 Å². The Labute approximate surface area is 190 Å². The Kier molecular flexibility index (Phi) is 7.57. The molecule has 18 heteroatoms. The minimum atomic E-state index is -5.29. The van der Waals surface area contributed by atoms with Crippen molar-refractivity contribution in [2.75, 3.05) is 18.1 Å². The van der Waals surface area contributed by atoms with Crippen molar-refractivity contribution in [3.8, 4) is 0 Å². The third-order valence-corrected chi connectivity index (χ3v) is 5.50. The minimum Gasteiger partial charge on any atom is -0.451 e. The van der Waals surface area contributed by atoms with Gasteiger partial charge in [0.05, 0.1) is 12.2 Å². The van der Waals surface area contributed by atoms with Crippen LogP contribution in [0.3, 0.4) is 0 Å². The number of nitrogens with zero attached hydrogens (tertiary/aromatic N) is 2. The predicted molar refractivity (Wildman–Crippen MR) is 112 cm³/mol. The highest BCUT2D eigenvalue weighted by Crippen LogP contribution is 2.46. The summed E-state index contributed by atoms with van der Waals surface area (Å²) in [6, 6.07) is 6.92. The Morgan fingerprint density at radius 2 is 1.76 bits per heavy atom.